The molecule has 2 aromatic rings. The molecule has 0 bridgehead atoms. The van der Waals surface area contributed by atoms with Crippen LogP contribution >= 0.6 is 11.3 Å². The number of benzene rings is 1. The van der Waals surface area contributed by atoms with Gasteiger partial charge in [-0.2, -0.15) is 5.26 Å². The zero-order valence-electron chi connectivity index (χ0n) is 9.24. The van der Waals surface area contributed by atoms with Crippen LogP contribution in [-0.2, 0) is 0 Å². The Hall–Kier alpha value is -1.79. The lowest BCUT2D eigenvalue weighted by atomic mass is 10.0. The number of nitrogens with two attached hydrogens (primary N) is 1. The molecule has 0 spiro atoms. The molecule has 2 N–H and O–H groups in total. The van der Waals surface area contributed by atoms with Gasteiger partial charge in [-0.25, -0.2) is 0 Å². The zero-order valence-corrected chi connectivity index (χ0v) is 10.1. The summed E-state index contributed by atoms with van der Waals surface area (Å²) in [5, 5.41) is 9.16. The Balaban J connectivity index is 2.64. The van der Waals surface area contributed by atoms with E-state index in [9.17, 15) is 0 Å². The zero-order chi connectivity index (χ0) is 11.7. The van der Waals surface area contributed by atoms with Crippen molar-refractivity contribution >= 4 is 17.0 Å². The predicted octanol–water partition coefficient (Wildman–Crippen LogP) is 3.49. The number of rotatable bonds is 1. The molecule has 1 aromatic heterocycles. The first-order valence-electron chi connectivity index (χ1n) is 4.99. The van der Waals surface area contributed by atoms with Gasteiger partial charge in [-0.1, -0.05) is 12.1 Å². The predicted molar refractivity (Wildman–Crippen MR) is 68.4 cm³/mol. The van der Waals surface area contributed by atoms with Crippen molar-refractivity contribution in [2.24, 2.45) is 0 Å². The van der Waals surface area contributed by atoms with Crippen LogP contribution in [0.25, 0.3) is 11.1 Å². The molecule has 2 nitrogen and oxygen atoms in total. The van der Waals surface area contributed by atoms with Gasteiger partial charge in [0.2, 0.25) is 0 Å². The van der Waals surface area contributed by atoms with Crippen molar-refractivity contribution in [3.8, 4) is 17.2 Å². The summed E-state index contributed by atoms with van der Waals surface area (Å²) < 4.78 is 0. The first-order valence-corrected chi connectivity index (χ1v) is 5.81. The second-order valence-electron chi connectivity index (χ2n) is 3.70. The van der Waals surface area contributed by atoms with Crippen molar-refractivity contribution in [3.63, 3.8) is 0 Å². The van der Waals surface area contributed by atoms with Crippen molar-refractivity contribution in [1.29, 1.82) is 5.26 Å². The highest BCUT2D eigenvalue weighted by Crippen LogP contribution is 2.35. The summed E-state index contributed by atoms with van der Waals surface area (Å²) in [6.07, 6.45) is 0. The van der Waals surface area contributed by atoms with Crippen molar-refractivity contribution in [3.05, 3.63) is 39.6 Å². The Labute approximate surface area is 99.0 Å². The van der Waals surface area contributed by atoms with Gasteiger partial charge in [0.25, 0.3) is 0 Å². The molecule has 0 saturated heterocycles. The van der Waals surface area contributed by atoms with E-state index in [1.54, 1.807) is 11.3 Å². The third kappa shape index (κ3) is 1.68. The molecule has 0 aliphatic heterocycles. The van der Waals surface area contributed by atoms with E-state index in [1.807, 2.05) is 38.1 Å². The van der Waals surface area contributed by atoms with E-state index >= 15 is 0 Å². The molecule has 0 amide bonds. The highest BCUT2D eigenvalue weighted by atomic mass is 32.1. The van der Waals surface area contributed by atoms with Crippen LogP contribution in [0.5, 0.6) is 0 Å². The molecule has 0 saturated carbocycles. The van der Waals surface area contributed by atoms with Crippen LogP contribution in [-0.4, -0.2) is 0 Å². The highest BCUT2D eigenvalue weighted by Gasteiger charge is 2.13. The van der Waals surface area contributed by atoms with Crippen LogP contribution in [0.2, 0.25) is 0 Å². The Morgan fingerprint density at radius 1 is 1.12 bits per heavy atom. The van der Waals surface area contributed by atoms with E-state index in [0.29, 0.717) is 0 Å². The van der Waals surface area contributed by atoms with Gasteiger partial charge in [-0.05, 0) is 31.5 Å². The Morgan fingerprint density at radius 2 is 1.75 bits per heavy atom. The molecule has 16 heavy (non-hydrogen) atoms. The summed E-state index contributed by atoms with van der Waals surface area (Å²) in [4.78, 5) is 2.26. The van der Waals surface area contributed by atoms with Crippen LogP contribution in [0.3, 0.4) is 0 Å². The third-order valence-electron chi connectivity index (χ3n) is 2.57. The number of aryl methyl sites for hydroxylation is 2. The molecular weight excluding hydrogens is 216 g/mol. The van der Waals surface area contributed by atoms with E-state index in [1.165, 1.54) is 4.88 Å². The molecule has 3 heteroatoms. The van der Waals surface area contributed by atoms with Gasteiger partial charge in [0.05, 0.1) is 5.56 Å². The van der Waals surface area contributed by atoms with Gasteiger partial charge < -0.3 is 5.73 Å². The average Bonchev–Trinajstić information content (AvgIpc) is 2.54. The molecule has 1 aromatic carbocycles. The topological polar surface area (TPSA) is 49.8 Å². The summed E-state index contributed by atoms with van der Waals surface area (Å²) >= 11 is 1.67. The Bertz CT molecular complexity index is 559. The Kier molecular flexibility index (Phi) is 2.67. The minimum atomic E-state index is 0.742. The van der Waals surface area contributed by atoms with E-state index in [-0.39, 0.29) is 0 Å². The number of anilines is 1. The monoisotopic (exact) mass is 228 g/mol. The minimum Gasteiger partial charge on any atom is -0.399 e. The summed E-state index contributed by atoms with van der Waals surface area (Å²) in [5.74, 6) is 0. The second kappa shape index (κ2) is 3.99. The lowest BCUT2D eigenvalue weighted by molar-refractivity contribution is 1.46. The lowest BCUT2D eigenvalue weighted by Gasteiger charge is -2.02. The summed E-state index contributed by atoms with van der Waals surface area (Å²) in [5.41, 5.74) is 9.29. The molecule has 0 fully saturated rings. The maximum atomic E-state index is 9.16. The smallest absolute Gasteiger partial charge is 0.101 e. The highest BCUT2D eigenvalue weighted by molar-refractivity contribution is 7.12. The first-order chi connectivity index (χ1) is 7.63. The molecule has 0 atom stereocenters. The second-order valence-corrected chi connectivity index (χ2v) is 5.13. The molecule has 0 aliphatic rings. The van der Waals surface area contributed by atoms with Gasteiger partial charge in [0.1, 0.15) is 6.07 Å². The lowest BCUT2D eigenvalue weighted by Crippen LogP contribution is -1.86. The maximum absolute atomic E-state index is 9.16. The number of nitriles is 1. The van der Waals surface area contributed by atoms with E-state index in [4.69, 9.17) is 11.0 Å². The molecule has 2 rings (SSSR count). The summed E-state index contributed by atoms with van der Waals surface area (Å²) in [7, 11) is 0. The summed E-state index contributed by atoms with van der Waals surface area (Å²) in [6.45, 7) is 4.03. The molecule has 1 heterocycles. The Morgan fingerprint density at radius 3 is 2.31 bits per heavy atom. The van der Waals surface area contributed by atoms with Crippen molar-refractivity contribution < 1.29 is 0 Å². The number of nitrogens with zero attached hydrogens (tertiary/aromatic N) is 1. The molecule has 0 unspecified atom stereocenters. The first kappa shape index (κ1) is 10.7. The fourth-order valence-corrected chi connectivity index (χ4v) is 2.85. The van der Waals surface area contributed by atoms with Crippen molar-refractivity contribution in [1.82, 2.24) is 0 Å². The van der Waals surface area contributed by atoms with Crippen molar-refractivity contribution in [2.75, 3.05) is 5.73 Å². The van der Waals surface area contributed by atoms with Crippen LogP contribution in [0, 0.1) is 25.2 Å². The van der Waals surface area contributed by atoms with Gasteiger partial charge in [-0.3, -0.25) is 0 Å². The van der Waals surface area contributed by atoms with Crippen LogP contribution in [0.15, 0.2) is 24.3 Å². The van der Waals surface area contributed by atoms with Crippen LogP contribution in [0.4, 0.5) is 5.69 Å². The van der Waals surface area contributed by atoms with Crippen LogP contribution < -0.4 is 5.73 Å². The fourth-order valence-electron chi connectivity index (χ4n) is 1.82. The van der Waals surface area contributed by atoms with Gasteiger partial charge in [-0.15, -0.1) is 11.3 Å². The van der Waals surface area contributed by atoms with Gasteiger partial charge in [0.15, 0.2) is 0 Å². The largest absolute Gasteiger partial charge is 0.399 e. The third-order valence-corrected chi connectivity index (χ3v) is 3.59. The number of hydrogen-bond acceptors (Lipinski definition) is 3. The standard InChI is InChI=1S/C13H12N2S/c1-8-12(7-14)13(9(2)16-8)10-3-5-11(15)6-4-10/h3-6H,15H2,1-2H3. The maximum Gasteiger partial charge on any atom is 0.101 e. The SMILES string of the molecule is Cc1sc(C)c(-c2ccc(N)cc2)c1C#N. The van der Waals surface area contributed by atoms with Crippen molar-refractivity contribution in [2.45, 2.75) is 13.8 Å². The number of nitrogen functional groups attached to an aromatic ring is 1. The molecule has 80 valence electrons. The minimum absolute atomic E-state index is 0.742. The number of hydrogen-bond donors (Lipinski definition) is 1. The average molecular weight is 228 g/mol. The van der Waals surface area contributed by atoms with Gasteiger partial charge in [0, 0.05) is 21.0 Å². The quantitative estimate of drug-likeness (QED) is 0.759. The molecular formula is C13H12N2S. The van der Waals surface area contributed by atoms with Gasteiger partial charge >= 0.3 is 0 Å². The number of thiophene rings is 1. The fraction of sp³-hybridized carbons (Fsp3) is 0.154. The van der Waals surface area contributed by atoms with Crippen LogP contribution in [0.1, 0.15) is 15.3 Å². The van der Waals surface area contributed by atoms with E-state index < -0.39 is 0 Å². The van der Waals surface area contributed by atoms with E-state index in [2.05, 4.69) is 6.07 Å². The summed E-state index contributed by atoms with van der Waals surface area (Å²) in [6, 6.07) is 9.93. The normalized spacial score (nSPS) is 10.1. The molecule has 0 radical (unpaired) electrons. The molecule has 0 aliphatic carbocycles. The van der Waals surface area contributed by atoms with E-state index in [0.717, 1.165) is 27.3 Å².